The first-order chi connectivity index (χ1) is 5.59. The lowest BCUT2D eigenvalue weighted by Crippen LogP contribution is -2.78. The van der Waals surface area contributed by atoms with E-state index in [9.17, 15) is 10.2 Å². The van der Waals surface area contributed by atoms with E-state index in [0.717, 1.165) is 0 Å². The number of fused-ring (bicyclic) bond motifs is 2. The van der Waals surface area contributed by atoms with E-state index in [1.54, 1.807) is 0 Å². The average molecular weight is 178 g/mol. The standard InChI is InChI=1S/C6H10O6/c7-1-2-3(8)6(10)4(9)5(11-2)12-6/h2-5,7-10H,1H2/t2-,3+,4+,5-,6+/m1/s1. The van der Waals surface area contributed by atoms with Gasteiger partial charge in [0.2, 0.25) is 5.79 Å². The van der Waals surface area contributed by atoms with Gasteiger partial charge in [-0.25, -0.2) is 0 Å². The molecule has 70 valence electrons. The molecule has 0 aromatic rings. The van der Waals surface area contributed by atoms with E-state index in [1.807, 2.05) is 0 Å². The van der Waals surface area contributed by atoms with E-state index in [4.69, 9.17) is 14.9 Å². The Morgan fingerprint density at radius 2 is 1.92 bits per heavy atom. The molecule has 3 heterocycles. The van der Waals surface area contributed by atoms with Gasteiger partial charge in [0.1, 0.15) is 12.2 Å². The summed E-state index contributed by atoms with van der Waals surface area (Å²) in [6, 6.07) is 0. The first-order valence-corrected chi connectivity index (χ1v) is 3.62. The molecule has 0 aromatic heterocycles. The van der Waals surface area contributed by atoms with Gasteiger partial charge >= 0.3 is 0 Å². The summed E-state index contributed by atoms with van der Waals surface area (Å²) in [5.41, 5.74) is 0. The summed E-state index contributed by atoms with van der Waals surface area (Å²) in [6.07, 6.45) is -4.48. The largest absolute Gasteiger partial charge is 0.394 e. The molecular formula is C6H10O6. The first kappa shape index (κ1) is 8.36. The molecule has 0 unspecified atom stereocenters. The van der Waals surface area contributed by atoms with Crippen LogP contribution >= 0.6 is 0 Å². The molecule has 3 saturated heterocycles. The smallest absolute Gasteiger partial charge is 0.229 e. The van der Waals surface area contributed by atoms with E-state index in [-0.39, 0.29) is 0 Å². The van der Waals surface area contributed by atoms with Crippen LogP contribution in [0.1, 0.15) is 0 Å². The maximum Gasteiger partial charge on any atom is 0.229 e. The van der Waals surface area contributed by atoms with Crippen molar-refractivity contribution < 1.29 is 29.9 Å². The molecule has 12 heavy (non-hydrogen) atoms. The Kier molecular flexibility index (Phi) is 1.66. The highest BCUT2D eigenvalue weighted by Crippen LogP contribution is 2.41. The minimum atomic E-state index is -1.96. The summed E-state index contributed by atoms with van der Waals surface area (Å²) < 4.78 is 9.50. The summed E-state index contributed by atoms with van der Waals surface area (Å²) in [6.45, 7) is -0.421. The molecule has 0 radical (unpaired) electrons. The summed E-state index contributed by atoms with van der Waals surface area (Å²) in [4.78, 5) is 0. The summed E-state index contributed by atoms with van der Waals surface area (Å²) >= 11 is 0. The molecule has 3 aliphatic heterocycles. The molecule has 3 aliphatic rings. The van der Waals surface area contributed by atoms with Gasteiger partial charge in [-0.2, -0.15) is 0 Å². The van der Waals surface area contributed by atoms with Crippen LogP contribution in [0.25, 0.3) is 0 Å². The van der Waals surface area contributed by atoms with Crippen LogP contribution in [0.4, 0.5) is 0 Å². The second-order valence-corrected chi connectivity index (χ2v) is 2.98. The molecule has 0 saturated carbocycles. The average Bonchev–Trinajstić information content (AvgIpc) is 2.08. The number of hydrogen-bond donors (Lipinski definition) is 4. The monoisotopic (exact) mass is 178 g/mol. The fourth-order valence-corrected chi connectivity index (χ4v) is 1.45. The zero-order valence-electron chi connectivity index (χ0n) is 6.12. The van der Waals surface area contributed by atoms with Crippen LogP contribution < -0.4 is 0 Å². The zero-order chi connectivity index (χ0) is 8.93. The van der Waals surface area contributed by atoms with Crippen molar-refractivity contribution in [3.63, 3.8) is 0 Å². The fraction of sp³-hybridized carbons (Fsp3) is 1.00. The van der Waals surface area contributed by atoms with Crippen LogP contribution in [-0.2, 0) is 9.47 Å². The third-order valence-corrected chi connectivity index (χ3v) is 2.25. The van der Waals surface area contributed by atoms with Gasteiger partial charge in [0.05, 0.1) is 6.61 Å². The number of ether oxygens (including phenoxy) is 2. The van der Waals surface area contributed by atoms with Crippen molar-refractivity contribution in [1.29, 1.82) is 0 Å². The molecule has 0 amide bonds. The Labute approximate surface area is 68.0 Å². The summed E-state index contributed by atoms with van der Waals surface area (Å²) in [7, 11) is 0. The third-order valence-electron chi connectivity index (χ3n) is 2.25. The first-order valence-electron chi connectivity index (χ1n) is 3.62. The van der Waals surface area contributed by atoms with Crippen LogP contribution in [0.2, 0.25) is 0 Å². The van der Waals surface area contributed by atoms with Crippen LogP contribution in [0, 0.1) is 0 Å². The highest BCUT2D eigenvalue weighted by atomic mass is 16.8. The molecule has 0 aliphatic carbocycles. The van der Waals surface area contributed by atoms with Gasteiger partial charge in [-0.1, -0.05) is 0 Å². The quantitative estimate of drug-likeness (QED) is 0.345. The lowest BCUT2D eigenvalue weighted by molar-refractivity contribution is -0.512. The molecule has 2 bridgehead atoms. The summed E-state index contributed by atoms with van der Waals surface area (Å²) in [5, 5.41) is 36.4. The Bertz CT molecular complexity index is 196. The predicted molar refractivity (Wildman–Crippen MR) is 33.8 cm³/mol. The number of rotatable bonds is 1. The Balaban J connectivity index is 2.15. The van der Waals surface area contributed by atoms with Crippen molar-refractivity contribution >= 4 is 0 Å². The van der Waals surface area contributed by atoms with Gasteiger partial charge in [-0.15, -0.1) is 0 Å². The van der Waals surface area contributed by atoms with Crippen molar-refractivity contribution in [2.75, 3.05) is 6.61 Å². The van der Waals surface area contributed by atoms with Crippen LogP contribution in [0.5, 0.6) is 0 Å². The van der Waals surface area contributed by atoms with Gasteiger partial charge in [0, 0.05) is 0 Å². The van der Waals surface area contributed by atoms with Gasteiger partial charge in [-0.3, -0.25) is 0 Å². The van der Waals surface area contributed by atoms with Crippen molar-refractivity contribution in [1.82, 2.24) is 0 Å². The Morgan fingerprint density at radius 3 is 2.42 bits per heavy atom. The van der Waals surface area contributed by atoms with Crippen LogP contribution in [0.15, 0.2) is 0 Å². The molecule has 5 atom stereocenters. The lowest BCUT2D eigenvalue weighted by Gasteiger charge is -2.56. The van der Waals surface area contributed by atoms with Gasteiger partial charge in [-0.05, 0) is 0 Å². The predicted octanol–water partition coefficient (Wildman–Crippen LogP) is -2.86. The minimum absolute atomic E-state index is 0.421. The highest BCUT2D eigenvalue weighted by Gasteiger charge is 2.66. The van der Waals surface area contributed by atoms with Crippen LogP contribution in [-0.4, -0.2) is 57.4 Å². The molecule has 0 aromatic carbocycles. The van der Waals surface area contributed by atoms with E-state index in [0.29, 0.717) is 0 Å². The second kappa shape index (κ2) is 2.38. The SMILES string of the molecule is OC[C@H]1O[C@@H]2O[C@](O)([C@H]2O)[C@H]1O. The molecule has 6 nitrogen and oxygen atoms in total. The topological polar surface area (TPSA) is 99.4 Å². The van der Waals surface area contributed by atoms with E-state index >= 15 is 0 Å². The lowest BCUT2D eigenvalue weighted by atomic mass is 9.90. The fourth-order valence-electron chi connectivity index (χ4n) is 1.45. The molecule has 3 fully saturated rings. The van der Waals surface area contributed by atoms with Crippen molar-refractivity contribution in [2.45, 2.75) is 30.4 Å². The van der Waals surface area contributed by atoms with Gasteiger partial charge < -0.3 is 29.9 Å². The number of aliphatic hydroxyl groups excluding tert-OH is 3. The summed E-state index contributed by atoms with van der Waals surface area (Å²) in [5.74, 6) is -1.96. The van der Waals surface area contributed by atoms with Gasteiger partial charge in [0.25, 0.3) is 0 Å². The minimum Gasteiger partial charge on any atom is -0.394 e. The normalized spacial score (nSPS) is 58.0. The molecule has 0 spiro atoms. The molecule has 6 heteroatoms. The Hall–Kier alpha value is -0.240. The Morgan fingerprint density at radius 1 is 1.25 bits per heavy atom. The maximum absolute atomic E-state index is 9.37. The van der Waals surface area contributed by atoms with E-state index in [1.165, 1.54) is 0 Å². The van der Waals surface area contributed by atoms with Crippen molar-refractivity contribution in [3.05, 3.63) is 0 Å². The van der Waals surface area contributed by atoms with E-state index in [2.05, 4.69) is 4.74 Å². The van der Waals surface area contributed by atoms with E-state index < -0.39 is 37.0 Å². The highest BCUT2D eigenvalue weighted by molar-refractivity contribution is 5.03. The van der Waals surface area contributed by atoms with Gasteiger partial charge in [0.15, 0.2) is 12.4 Å². The maximum atomic E-state index is 9.37. The number of aliphatic hydroxyl groups is 4. The van der Waals surface area contributed by atoms with Crippen molar-refractivity contribution in [3.8, 4) is 0 Å². The zero-order valence-corrected chi connectivity index (χ0v) is 6.12. The number of hydrogen-bond acceptors (Lipinski definition) is 6. The van der Waals surface area contributed by atoms with Crippen LogP contribution in [0.3, 0.4) is 0 Å². The third kappa shape index (κ3) is 0.792. The van der Waals surface area contributed by atoms with Crippen molar-refractivity contribution in [2.24, 2.45) is 0 Å². The molecular weight excluding hydrogens is 168 g/mol. The second-order valence-electron chi connectivity index (χ2n) is 2.98. The molecule has 3 rings (SSSR count). The molecule has 4 N–H and O–H groups in total.